The number of carbonyl (C=O) groups excluding carboxylic acids is 1. The van der Waals surface area contributed by atoms with Crippen LogP contribution in [-0.4, -0.2) is 28.6 Å². The smallest absolute Gasteiger partial charge is 0.414 e. The number of hydrogen-bond donors (Lipinski definition) is 3. The predicted octanol–water partition coefficient (Wildman–Crippen LogP) is 3.06. The molecule has 3 N–H and O–H groups in total. The van der Waals surface area contributed by atoms with Gasteiger partial charge in [-0.05, 0) is 24.3 Å². The van der Waals surface area contributed by atoms with E-state index in [1.54, 1.807) is 31.2 Å². The van der Waals surface area contributed by atoms with E-state index in [4.69, 9.17) is 14.6 Å². The number of carboxylic acid groups (broad SMARTS) is 1. The molecule has 0 aliphatic heterocycles. The van der Waals surface area contributed by atoms with Gasteiger partial charge >= 0.3 is 12.1 Å². The Morgan fingerprint density at radius 1 is 1.13 bits per heavy atom. The summed E-state index contributed by atoms with van der Waals surface area (Å²) in [7, 11) is 0. The van der Waals surface area contributed by atoms with Gasteiger partial charge in [0.15, 0.2) is 0 Å². The highest BCUT2D eigenvalue weighted by atomic mass is 16.7. The fourth-order valence-corrected chi connectivity index (χ4v) is 1.80. The summed E-state index contributed by atoms with van der Waals surface area (Å²) in [6.07, 6.45) is -1.62. The molecule has 0 saturated carbocycles. The summed E-state index contributed by atoms with van der Waals surface area (Å²) in [5.41, 5.74) is -0.0610. The van der Waals surface area contributed by atoms with Crippen LogP contribution in [0.15, 0.2) is 48.5 Å². The molecule has 0 aromatic heterocycles. The maximum Gasteiger partial charge on any atom is 0.414 e. The van der Waals surface area contributed by atoms with Crippen molar-refractivity contribution in [3.63, 3.8) is 0 Å². The van der Waals surface area contributed by atoms with Gasteiger partial charge in [-0.15, -0.1) is 0 Å². The summed E-state index contributed by atoms with van der Waals surface area (Å²) >= 11 is 0. The molecule has 1 unspecified atom stereocenters. The molecule has 2 aromatic carbocycles. The predicted molar refractivity (Wildman–Crippen MR) is 81.7 cm³/mol. The van der Waals surface area contributed by atoms with Crippen molar-refractivity contribution in [2.24, 2.45) is 0 Å². The van der Waals surface area contributed by atoms with E-state index >= 15 is 0 Å². The monoisotopic (exact) mass is 317 g/mol. The third kappa shape index (κ3) is 4.63. The lowest BCUT2D eigenvalue weighted by Crippen LogP contribution is -2.24. The van der Waals surface area contributed by atoms with Crippen LogP contribution in [0.5, 0.6) is 11.5 Å². The summed E-state index contributed by atoms with van der Waals surface area (Å²) in [4.78, 5) is 22.5. The fourth-order valence-electron chi connectivity index (χ4n) is 1.80. The van der Waals surface area contributed by atoms with Gasteiger partial charge in [0.1, 0.15) is 17.1 Å². The average Bonchev–Trinajstić information content (AvgIpc) is 2.47. The number of carbonyl (C=O) groups is 2. The first-order valence-corrected chi connectivity index (χ1v) is 6.71. The van der Waals surface area contributed by atoms with Crippen molar-refractivity contribution >= 4 is 17.7 Å². The average molecular weight is 317 g/mol. The summed E-state index contributed by atoms with van der Waals surface area (Å²) in [6, 6.07) is 12.5. The van der Waals surface area contributed by atoms with Crippen LogP contribution in [0, 0.1) is 0 Å². The van der Waals surface area contributed by atoms with Crippen molar-refractivity contribution < 1.29 is 29.3 Å². The van der Waals surface area contributed by atoms with Crippen molar-refractivity contribution in [3.8, 4) is 11.5 Å². The minimum atomic E-state index is -1.26. The molecule has 0 radical (unpaired) electrons. The van der Waals surface area contributed by atoms with E-state index in [1.165, 1.54) is 12.1 Å². The molecular formula is C16H15NO6. The number of aromatic hydroxyl groups is 1. The number of hydrogen-bond acceptors (Lipinski definition) is 5. The zero-order valence-electron chi connectivity index (χ0n) is 12.2. The van der Waals surface area contributed by atoms with Gasteiger partial charge in [0, 0.05) is 18.7 Å². The van der Waals surface area contributed by atoms with Crippen molar-refractivity contribution in [2.45, 2.75) is 13.2 Å². The number of amides is 1. The van der Waals surface area contributed by atoms with E-state index in [0.29, 0.717) is 5.75 Å². The van der Waals surface area contributed by atoms with Gasteiger partial charge in [-0.1, -0.05) is 18.2 Å². The zero-order valence-corrected chi connectivity index (χ0v) is 12.2. The van der Waals surface area contributed by atoms with Gasteiger partial charge in [-0.25, -0.2) is 9.59 Å². The minimum Gasteiger partial charge on any atom is -0.507 e. The summed E-state index contributed by atoms with van der Waals surface area (Å²) in [5.74, 6) is -1.17. The number of rotatable bonds is 5. The van der Waals surface area contributed by atoms with Gasteiger partial charge in [0.2, 0.25) is 6.29 Å². The lowest BCUT2D eigenvalue weighted by Gasteiger charge is -2.15. The normalized spacial score (nSPS) is 11.3. The highest BCUT2D eigenvalue weighted by molar-refractivity contribution is 5.92. The minimum absolute atomic E-state index is 0.199. The summed E-state index contributed by atoms with van der Waals surface area (Å²) in [6.45, 7) is 1.55. The van der Waals surface area contributed by atoms with Crippen molar-refractivity contribution in [3.05, 3.63) is 54.1 Å². The van der Waals surface area contributed by atoms with Crippen LogP contribution in [-0.2, 0) is 4.74 Å². The Morgan fingerprint density at radius 2 is 1.83 bits per heavy atom. The highest BCUT2D eigenvalue weighted by Gasteiger charge is 2.13. The van der Waals surface area contributed by atoms with E-state index in [-0.39, 0.29) is 11.3 Å². The number of nitrogens with one attached hydrogen (secondary N) is 1. The van der Waals surface area contributed by atoms with Crippen molar-refractivity contribution in [1.29, 1.82) is 0 Å². The van der Waals surface area contributed by atoms with E-state index in [0.717, 1.165) is 6.07 Å². The van der Waals surface area contributed by atoms with Crippen molar-refractivity contribution in [1.82, 2.24) is 0 Å². The Hall–Kier alpha value is -3.22. The Morgan fingerprint density at radius 3 is 2.43 bits per heavy atom. The number of phenols is 1. The van der Waals surface area contributed by atoms with Crippen LogP contribution in [0.2, 0.25) is 0 Å². The molecule has 0 saturated heterocycles. The van der Waals surface area contributed by atoms with E-state index in [9.17, 15) is 14.7 Å². The third-order valence-corrected chi connectivity index (χ3v) is 2.79. The number of anilines is 1. The Balaban J connectivity index is 1.91. The second-order valence-electron chi connectivity index (χ2n) is 4.57. The molecule has 0 aliphatic rings. The maximum absolute atomic E-state index is 11.7. The standard InChI is InChI=1S/C16H15NO6/c1-10(22-12-5-3-2-4-6-12)23-16(21)17-11-7-8-13(15(19)20)14(18)9-11/h2-10,18H,1H3,(H,17,21)(H,19,20). The molecule has 23 heavy (non-hydrogen) atoms. The molecule has 0 spiro atoms. The molecule has 120 valence electrons. The third-order valence-electron chi connectivity index (χ3n) is 2.79. The number of ether oxygens (including phenoxy) is 2. The van der Waals surface area contributed by atoms with Crippen LogP contribution in [0.4, 0.5) is 10.5 Å². The fraction of sp³-hybridized carbons (Fsp3) is 0.125. The van der Waals surface area contributed by atoms with Gasteiger partial charge in [0.05, 0.1) is 0 Å². The van der Waals surface area contributed by atoms with Crippen LogP contribution < -0.4 is 10.1 Å². The first kappa shape index (κ1) is 16.2. The zero-order chi connectivity index (χ0) is 16.8. The lowest BCUT2D eigenvalue weighted by molar-refractivity contribution is -0.0119. The SMILES string of the molecule is CC(OC(=O)Nc1ccc(C(=O)O)c(O)c1)Oc1ccccc1. The molecule has 7 nitrogen and oxygen atoms in total. The maximum atomic E-state index is 11.7. The number of benzene rings is 2. The van der Waals surface area contributed by atoms with E-state index < -0.39 is 24.1 Å². The van der Waals surface area contributed by atoms with E-state index in [2.05, 4.69) is 5.32 Å². The first-order valence-electron chi connectivity index (χ1n) is 6.71. The Bertz CT molecular complexity index is 701. The highest BCUT2D eigenvalue weighted by Crippen LogP contribution is 2.22. The second kappa shape index (κ2) is 7.17. The van der Waals surface area contributed by atoms with Crippen molar-refractivity contribution in [2.75, 3.05) is 5.32 Å². The van der Waals surface area contributed by atoms with Gasteiger partial charge in [-0.3, -0.25) is 5.32 Å². The van der Waals surface area contributed by atoms with Gasteiger partial charge < -0.3 is 19.7 Å². The molecule has 0 aliphatic carbocycles. The van der Waals surface area contributed by atoms with Crippen LogP contribution in [0.3, 0.4) is 0 Å². The molecule has 1 atom stereocenters. The van der Waals surface area contributed by atoms with Gasteiger partial charge in [0.25, 0.3) is 0 Å². The van der Waals surface area contributed by atoms with E-state index in [1.807, 2.05) is 6.07 Å². The van der Waals surface area contributed by atoms with Gasteiger partial charge in [-0.2, -0.15) is 0 Å². The molecule has 0 fully saturated rings. The molecule has 0 heterocycles. The van der Waals surface area contributed by atoms with Crippen LogP contribution >= 0.6 is 0 Å². The van der Waals surface area contributed by atoms with Crippen LogP contribution in [0.1, 0.15) is 17.3 Å². The molecular weight excluding hydrogens is 302 g/mol. The molecule has 1 amide bonds. The lowest BCUT2D eigenvalue weighted by atomic mass is 10.2. The molecule has 7 heteroatoms. The topological polar surface area (TPSA) is 105 Å². The largest absolute Gasteiger partial charge is 0.507 e. The Labute approximate surface area is 132 Å². The number of carboxylic acids is 1. The van der Waals surface area contributed by atoms with Crippen LogP contribution in [0.25, 0.3) is 0 Å². The second-order valence-corrected chi connectivity index (χ2v) is 4.57. The Kier molecular flexibility index (Phi) is 5.03. The summed E-state index contributed by atoms with van der Waals surface area (Å²) < 4.78 is 10.4. The molecule has 2 rings (SSSR count). The quantitative estimate of drug-likeness (QED) is 0.732. The number of aromatic carboxylic acids is 1. The molecule has 0 bridgehead atoms. The molecule has 2 aromatic rings. The number of para-hydroxylation sites is 1. The summed E-state index contributed by atoms with van der Waals surface area (Å²) in [5, 5.41) is 20.7. The first-order chi connectivity index (χ1) is 11.0.